The van der Waals surface area contributed by atoms with Crippen LogP contribution in [0.3, 0.4) is 0 Å². The lowest BCUT2D eigenvalue weighted by atomic mass is 10.1. The lowest BCUT2D eigenvalue weighted by Crippen LogP contribution is -2.34. The summed E-state index contributed by atoms with van der Waals surface area (Å²) in [6.07, 6.45) is 6.91. The molecule has 3 nitrogen and oxygen atoms in total. The van der Waals surface area contributed by atoms with Crippen LogP contribution in [0, 0.1) is 0 Å². The topological polar surface area (TPSA) is 29.5 Å². The number of hydrogen-bond acceptors (Lipinski definition) is 2. The smallest absolute Gasteiger partial charge is 0.246 e. The number of nitrogens with zero attached hydrogens (tertiary/aromatic N) is 1. The third kappa shape index (κ3) is 3.59. The van der Waals surface area contributed by atoms with E-state index in [1.165, 1.54) is 6.42 Å². The molecule has 1 amide bonds. The van der Waals surface area contributed by atoms with Crippen molar-refractivity contribution in [3.05, 3.63) is 12.2 Å². The number of ether oxygens (including phenoxy) is 1. The number of piperidine rings is 1. The van der Waals surface area contributed by atoms with E-state index in [-0.39, 0.29) is 5.91 Å². The molecule has 3 heteroatoms. The molecule has 1 heterocycles. The van der Waals surface area contributed by atoms with Crippen molar-refractivity contribution in [3.8, 4) is 0 Å². The van der Waals surface area contributed by atoms with Crippen LogP contribution in [0.2, 0.25) is 0 Å². The Bertz CT molecular complexity index is 183. The molecule has 0 aromatic rings. The summed E-state index contributed by atoms with van der Waals surface area (Å²) in [7, 11) is 1.62. The van der Waals surface area contributed by atoms with E-state index in [2.05, 4.69) is 0 Å². The Kier molecular flexibility index (Phi) is 4.54. The van der Waals surface area contributed by atoms with E-state index >= 15 is 0 Å². The van der Waals surface area contributed by atoms with Gasteiger partial charge in [0.1, 0.15) is 0 Å². The third-order valence-electron chi connectivity index (χ3n) is 2.19. The predicted octanol–water partition coefficient (Wildman–Crippen LogP) is 1.20. The largest absolute Gasteiger partial charge is 0.381 e. The van der Waals surface area contributed by atoms with E-state index in [0.717, 1.165) is 25.9 Å². The average Bonchev–Trinajstić information content (AvgIpc) is 2.19. The molecule has 0 aromatic carbocycles. The van der Waals surface area contributed by atoms with Gasteiger partial charge in [0.25, 0.3) is 0 Å². The van der Waals surface area contributed by atoms with Crippen molar-refractivity contribution in [2.45, 2.75) is 19.3 Å². The van der Waals surface area contributed by atoms with Crippen molar-refractivity contribution in [1.82, 2.24) is 4.90 Å². The fraction of sp³-hybridized carbons (Fsp3) is 0.700. The number of carbonyl (C=O) groups is 1. The quantitative estimate of drug-likeness (QED) is 0.615. The molecule has 0 radical (unpaired) electrons. The van der Waals surface area contributed by atoms with Gasteiger partial charge in [-0.1, -0.05) is 6.08 Å². The maximum atomic E-state index is 11.5. The first kappa shape index (κ1) is 10.3. The molecule has 1 aliphatic heterocycles. The summed E-state index contributed by atoms with van der Waals surface area (Å²) in [5, 5.41) is 0. The summed E-state index contributed by atoms with van der Waals surface area (Å²) in [5.41, 5.74) is 0. The first-order valence-electron chi connectivity index (χ1n) is 4.79. The zero-order chi connectivity index (χ0) is 9.52. The van der Waals surface area contributed by atoms with Crippen LogP contribution in [0.25, 0.3) is 0 Å². The third-order valence-corrected chi connectivity index (χ3v) is 2.19. The Morgan fingerprint density at radius 1 is 1.38 bits per heavy atom. The number of carbonyl (C=O) groups excluding carboxylic acids is 1. The summed E-state index contributed by atoms with van der Waals surface area (Å²) in [4.78, 5) is 13.4. The molecule has 0 unspecified atom stereocenters. The Hall–Kier alpha value is -0.830. The zero-order valence-corrected chi connectivity index (χ0v) is 8.16. The molecule has 1 aliphatic rings. The van der Waals surface area contributed by atoms with Gasteiger partial charge in [0.2, 0.25) is 5.91 Å². The lowest BCUT2D eigenvalue weighted by Gasteiger charge is -2.25. The molecular weight excluding hydrogens is 166 g/mol. The Morgan fingerprint density at radius 2 is 2.08 bits per heavy atom. The maximum Gasteiger partial charge on any atom is 0.246 e. The van der Waals surface area contributed by atoms with Gasteiger partial charge in [-0.05, 0) is 19.3 Å². The summed E-state index contributed by atoms with van der Waals surface area (Å²) in [6, 6.07) is 0. The van der Waals surface area contributed by atoms with Gasteiger partial charge in [0.05, 0.1) is 6.61 Å². The van der Waals surface area contributed by atoms with Crippen molar-refractivity contribution in [2.75, 3.05) is 26.8 Å². The number of methoxy groups -OCH3 is 1. The monoisotopic (exact) mass is 183 g/mol. The Labute approximate surface area is 79.4 Å². The first-order valence-corrected chi connectivity index (χ1v) is 4.79. The molecule has 0 atom stereocenters. The minimum Gasteiger partial charge on any atom is -0.381 e. The van der Waals surface area contributed by atoms with Crippen LogP contribution >= 0.6 is 0 Å². The van der Waals surface area contributed by atoms with Gasteiger partial charge in [0, 0.05) is 26.3 Å². The van der Waals surface area contributed by atoms with Crippen molar-refractivity contribution < 1.29 is 9.53 Å². The molecule has 13 heavy (non-hydrogen) atoms. The second kappa shape index (κ2) is 5.75. The van der Waals surface area contributed by atoms with E-state index in [0.29, 0.717) is 6.61 Å². The normalized spacial score (nSPS) is 18.1. The molecule has 0 saturated carbocycles. The van der Waals surface area contributed by atoms with E-state index in [1.54, 1.807) is 19.3 Å². The molecule has 1 saturated heterocycles. The molecule has 0 N–H and O–H groups in total. The van der Waals surface area contributed by atoms with E-state index in [4.69, 9.17) is 4.74 Å². The highest BCUT2D eigenvalue weighted by atomic mass is 16.5. The number of amides is 1. The van der Waals surface area contributed by atoms with E-state index in [9.17, 15) is 4.79 Å². The van der Waals surface area contributed by atoms with Gasteiger partial charge >= 0.3 is 0 Å². The second-order valence-electron chi connectivity index (χ2n) is 3.24. The maximum absolute atomic E-state index is 11.5. The highest BCUT2D eigenvalue weighted by molar-refractivity contribution is 5.87. The lowest BCUT2D eigenvalue weighted by molar-refractivity contribution is -0.126. The van der Waals surface area contributed by atoms with Crippen LogP contribution in [0.15, 0.2) is 12.2 Å². The number of hydrogen-bond donors (Lipinski definition) is 0. The minimum absolute atomic E-state index is 0.122. The van der Waals surface area contributed by atoms with Gasteiger partial charge in [-0.2, -0.15) is 0 Å². The SMILES string of the molecule is COC/C=C/C(=O)N1CCCCC1. The van der Waals surface area contributed by atoms with Crippen LogP contribution in [-0.4, -0.2) is 37.6 Å². The van der Waals surface area contributed by atoms with Crippen LogP contribution in [0.4, 0.5) is 0 Å². The molecule has 0 aromatic heterocycles. The van der Waals surface area contributed by atoms with Crippen LogP contribution in [-0.2, 0) is 9.53 Å². The predicted molar refractivity (Wildman–Crippen MR) is 51.4 cm³/mol. The minimum atomic E-state index is 0.122. The Balaban J connectivity index is 2.28. The van der Waals surface area contributed by atoms with E-state index in [1.807, 2.05) is 4.90 Å². The highest BCUT2D eigenvalue weighted by Gasteiger charge is 2.13. The standard InChI is InChI=1S/C10H17NO2/c1-13-9-5-6-10(12)11-7-3-2-4-8-11/h5-6H,2-4,7-9H2,1H3/b6-5+. The summed E-state index contributed by atoms with van der Waals surface area (Å²) in [6.45, 7) is 2.34. The highest BCUT2D eigenvalue weighted by Crippen LogP contribution is 2.08. The summed E-state index contributed by atoms with van der Waals surface area (Å²) >= 11 is 0. The average molecular weight is 183 g/mol. The first-order chi connectivity index (χ1) is 6.34. The van der Waals surface area contributed by atoms with Crippen LogP contribution in [0.5, 0.6) is 0 Å². The fourth-order valence-electron chi connectivity index (χ4n) is 1.46. The molecule has 1 rings (SSSR count). The van der Waals surface area contributed by atoms with E-state index < -0.39 is 0 Å². The molecule has 0 aliphatic carbocycles. The van der Waals surface area contributed by atoms with Crippen molar-refractivity contribution >= 4 is 5.91 Å². The zero-order valence-electron chi connectivity index (χ0n) is 8.16. The van der Waals surface area contributed by atoms with Crippen molar-refractivity contribution in [2.24, 2.45) is 0 Å². The van der Waals surface area contributed by atoms with Crippen LogP contribution in [0.1, 0.15) is 19.3 Å². The van der Waals surface area contributed by atoms with Gasteiger partial charge in [0.15, 0.2) is 0 Å². The number of likely N-dealkylation sites (tertiary alicyclic amines) is 1. The summed E-state index contributed by atoms with van der Waals surface area (Å²) < 4.78 is 4.82. The Morgan fingerprint density at radius 3 is 2.69 bits per heavy atom. The van der Waals surface area contributed by atoms with Gasteiger partial charge in [-0.3, -0.25) is 4.79 Å². The summed E-state index contributed by atoms with van der Waals surface area (Å²) in [5.74, 6) is 0.122. The fourth-order valence-corrected chi connectivity index (χ4v) is 1.46. The van der Waals surface area contributed by atoms with Gasteiger partial charge in [-0.15, -0.1) is 0 Å². The van der Waals surface area contributed by atoms with Crippen molar-refractivity contribution in [1.29, 1.82) is 0 Å². The molecule has 74 valence electrons. The molecule has 0 bridgehead atoms. The number of rotatable bonds is 3. The molecule has 1 fully saturated rings. The van der Waals surface area contributed by atoms with Gasteiger partial charge in [-0.25, -0.2) is 0 Å². The van der Waals surface area contributed by atoms with Gasteiger partial charge < -0.3 is 9.64 Å². The second-order valence-corrected chi connectivity index (χ2v) is 3.24. The molecule has 0 spiro atoms. The van der Waals surface area contributed by atoms with Crippen molar-refractivity contribution in [3.63, 3.8) is 0 Å². The molecular formula is C10H17NO2. The van der Waals surface area contributed by atoms with Crippen LogP contribution < -0.4 is 0 Å².